The van der Waals surface area contributed by atoms with Gasteiger partial charge in [0.2, 0.25) is 15.9 Å². The highest BCUT2D eigenvalue weighted by Crippen LogP contribution is 2.21. The summed E-state index contributed by atoms with van der Waals surface area (Å²) in [7, 11) is -2.14. The lowest BCUT2D eigenvalue weighted by Crippen LogP contribution is -2.41. The third-order valence-corrected chi connectivity index (χ3v) is 5.36. The highest BCUT2D eigenvalue weighted by molar-refractivity contribution is 7.88. The zero-order valence-corrected chi connectivity index (χ0v) is 15.7. The maximum Gasteiger partial charge on any atom is 0.242 e. The zero-order chi connectivity index (χ0) is 19.2. The summed E-state index contributed by atoms with van der Waals surface area (Å²) in [6.07, 6.45) is 2.44. The van der Waals surface area contributed by atoms with E-state index in [9.17, 15) is 17.6 Å². The third kappa shape index (κ3) is 5.64. The standard InChI is InChI=1S/C19H23FN2O3S/c1-22(26(2,24)25)18(16-8-4-3-5-9-16)19(23)21-14-6-7-15-10-12-17(20)13-11-15/h3-5,8-13,18H,6-7,14H2,1-2H3,(H,21,23). The smallest absolute Gasteiger partial charge is 0.242 e. The van der Waals surface area contributed by atoms with Gasteiger partial charge in [0.05, 0.1) is 6.26 Å². The fraction of sp³-hybridized carbons (Fsp3) is 0.316. The summed E-state index contributed by atoms with van der Waals surface area (Å²) >= 11 is 0. The van der Waals surface area contributed by atoms with E-state index in [2.05, 4.69) is 5.32 Å². The minimum absolute atomic E-state index is 0.281. The molecule has 0 aliphatic heterocycles. The summed E-state index contributed by atoms with van der Waals surface area (Å²) in [5, 5.41) is 2.80. The second-order valence-electron chi connectivity index (χ2n) is 6.11. The van der Waals surface area contributed by atoms with Crippen LogP contribution in [-0.2, 0) is 21.2 Å². The average Bonchev–Trinajstić information content (AvgIpc) is 2.60. The van der Waals surface area contributed by atoms with Crippen molar-refractivity contribution in [1.82, 2.24) is 9.62 Å². The molecule has 0 aliphatic rings. The molecule has 26 heavy (non-hydrogen) atoms. The Bertz CT molecular complexity index is 824. The number of amides is 1. The Kier molecular flexibility index (Phi) is 6.88. The van der Waals surface area contributed by atoms with E-state index in [4.69, 9.17) is 0 Å². The first-order valence-electron chi connectivity index (χ1n) is 8.29. The van der Waals surface area contributed by atoms with Crippen molar-refractivity contribution < 1.29 is 17.6 Å². The summed E-state index contributed by atoms with van der Waals surface area (Å²) in [5.74, 6) is -0.653. The van der Waals surface area contributed by atoms with E-state index in [-0.39, 0.29) is 11.7 Å². The van der Waals surface area contributed by atoms with Gasteiger partial charge >= 0.3 is 0 Å². The summed E-state index contributed by atoms with van der Waals surface area (Å²) in [6, 6.07) is 14.1. The van der Waals surface area contributed by atoms with Crippen LogP contribution in [0.4, 0.5) is 4.39 Å². The van der Waals surface area contributed by atoms with E-state index in [0.717, 1.165) is 16.1 Å². The van der Waals surface area contributed by atoms with E-state index in [1.54, 1.807) is 36.4 Å². The van der Waals surface area contributed by atoms with Crippen LogP contribution < -0.4 is 5.32 Å². The van der Waals surface area contributed by atoms with E-state index >= 15 is 0 Å². The number of sulfonamides is 1. The van der Waals surface area contributed by atoms with Crippen LogP contribution in [0.3, 0.4) is 0 Å². The average molecular weight is 378 g/mol. The first-order valence-corrected chi connectivity index (χ1v) is 10.1. The normalized spacial score (nSPS) is 12.8. The monoisotopic (exact) mass is 378 g/mol. The molecule has 0 saturated heterocycles. The van der Waals surface area contributed by atoms with Gasteiger partial charge in [0.25, 0.3) is 0 Å². The molecule has 2 aromatic carbocycles. The molecule has 140 valence electrons. The minimum Gasteiger partial charge on any atom is -0.354 e. The van der Waals surface area contributed by atoms with Gasteiger partial charge in [-0.05, 0) is 36.1 Å². The summed E-state index contributed by atoms with van der Waals surface area (Å²) in [5.41, 5.74) is 1.59. The number of halogens is 1. The molecule has 2 aromatic rings. The maximum atomic E-state index is 12.9. The molecule has 0 radical (unpaired) electrons. The van der Waals surface area contributed by atoms with Crippen LogP contribution >= 0.6 is 0 Å². The van der Waals surface area contributed by atoms with Crippen molar-refractivity contribution in [1.29, 1.82) is 0 Å². The number of rotatable bonds is 8. The molecule has 0 fully saturated rings. The number of nitrogens with zero attached hydrogens (tertiary/aromatic N) is 1. The Morgan fingerprint density at radius 3 is 2.31 bits per heavy atom. The van der Waals surface area contributed by atoms with Crippen LogP contribution in [0.5, 0.6) is 0 Å². The molecule has 0 spiro atoms. The molecule has 0 aromatic heterocycles. The first kappa shape index (κ1) is 20.1. The van der Waals surface area contributed by atoms with Gasteiger partial charge in [0, 0.05) is 13.6 Å². The molecule has 1 N–H and O–H groups in total. The van der Waals surface area contributed by atoms with E-state index in [1.807, 2.05) is 6.07 Å². The van der Waals surface area contributed by atoms with Gasteiger partial charge in [0.1, 0.15) is 11.9 Å². The Morgan fingerprint density at radius 1 is 1.12 bits per heavy atom. The highest BCUT2D eigenvalue weighted by atomic mass is 32.2. The van der Waals surface area contributed by atoms with Gasteiger partial charge in [-0.15, -0.1) is 0 Å². The molecular weight excluding hydrogens is 355 g/mol. The van der Waals surface area contributed by atoms with Crippen LogP contribution in [0.1, 0.15) is 23.6 Å². The van der Waals surface area contributed by atoms with Crippen molar-refractivity contribution in [3.8, 4) is 0 Å². The van der Waals surface area contributed by atoms with Gasteiger partial charge in [-0.1, -0.05) is 42.5 Å². The summed E-state index contributed by atoms with van der Waals surface area (Å²) in [6.45, 7) is 0.400. The van der Waals surface area contributed by atoms with Crippen molar-refractivity contribution >= 4 is 15.9 Å². The number of nitrogens with one attached hydrogen (secondary N) is 1. The maximum absolute atomic E-state index is 12.9. The van der Waals surface area contributed by atoms with E-state index < -0.39 is 16.1 Å². The molecule has 7 heteroatoms. The van der Waals surface area contributed by atoms with Crippen molar-refractivity contribution in [2.45, 2.75) is 18.9 Å². The fourth-order valence-corrected chi connectivity index (χ4v) is 3.21. The van der Waals surface area contributed by atoms with Crippen molar-refractivity contribution in [2.75, 3.05) is 19.8 Å². The summed E-state index contributed by atoms with van der Waals surface area (Å²) < 4.78 is 37.8. The minimum atomic E-state index is -3.54. The molecule has 0 heterocycles. The largest absolute Gasteiger partial charge is 0.354 e. The number of aryl methyl sites for hydroxylation is 1. The van der Waals surface area contributed by atoms with Crippen LogP contribution in [-0.4, -0.2) is 38.5 Å². The van der Waals surface area contributed by atoms with Crippen LogP contribution in [0.25, 0.3) is 0 Å². The number of likely N-dealkylation sites (N-methyl/N-ethyl adjacent to an activating group) is 1. The molecule has 1 atom stereocenters. The fourth-order valence-electron chi connectivity index (χ4n) is 2.61. The van der Waals surface area contributed by atoms with Crippen LogP contribution in [0.2, 0.25) is 0 Å². The molecule has 0 saturated carbocycles. The van der Waals surface area contributed by atoms with Gasteiger partial charge < -0.3 is 5.32 Å². The van der Waals surface area contributed by atoms with Gasteiger partial charge in [-0.2, -0.15) is 4.31 Å². The lowest BCUT2D eigenvalue weighted by Gasteiger charge is -2.25. The Hall–Kier alpha value is -2.25. The predicted octanol–water partition coefficient (Wildman–Crippen LogP) is 2.51. The van der Waals surface area contributed by atoms with E-state index in [1.165, 1.54) is 19.2 Å². The zero-order valence-electron chi connectivity index (χ0n) is 14.9. The topological polar surface area (TPSA) is 66.5 Å². The lowest BCUT2D eigenvalue weighted by atomic mass is 10.1. The molecule has 5 nitrogen and oxygen atoms in total. The Morgan fingerprint density at radius 2 is 1.73 bits per heavy atom. The molecule has 2 rings (SSSR count). The van der Waals surface area contributed by atoms with Gasteiger partial charge in [-0.3, -0.25) is 4.79 Å². The van der Waals surface area contributed by atoms with Crippen LogP contribution in [0.15, 0.2) is 54.6 Å². The van der Waals surface area contributed by atoms with Crippen molar-refractivity contribution in [3.63, 3.8) is 0 Å². The second kappa shape index (κ2) is 8.91. The van der Waals surface area contributed by atoms with Gasteiger partial charge in [-0.25, -0.2) is 12.8 Å². The van der Waals surface area contributed by atoms with Crippen molar-refractivity contribution in [3.05, 3.63) is 71.5 Å². The number of carbonyl (C=O) groups is 1. The van der Waals surface area contributed by atoms with Crippen molar-refractivity contribution in [2.24, 2.45) is 0 Å². The molecule has 0 bridgehead atoms. The molecule has 0 aliphatic carbocycles. The quantitative estimate of drug-likeness (QED) is 0.718. The first-order chi connectivity index (χ1) is 12.3. The predicted molar refractivity (Wildman–Crippen MR) is 99.5 cm³/mol. The Labute approximate surface area is 153 Å². The summed E-state index contributed by atoms with van der Waals surface area (Å²) in [4.78, 5) is 12.6. The Balaban J connectivity index is 1.99. The lowest BCUT2D eigenvalue weighted by molar-refractivity contribution is -0.124. The highest BCUT2D eigenvalue weighted by Gasteiger charge is 2.30. The molecular formula is C19H23FN2O3S. The number of hydrogen-bond donors (Lipinski definition) is 1. The van der Waals surface area contributed by atoms with Crippen LogP contribution in [0, 0.1) is 5.82 Å². The number of benzene rings is 2. The van der Waals surface area contributed by atoms with E-state index in [0.29, 0.717) is 24.9 Å². The SMILES string of the molecule is CN(C(C(=O)NCCCc1ccc(F)cc1)c1ccccc1)S(C)(=O)=O. The third-order valence-electron chi connectivity index (χ3n) is 4.11. The molecule has 1 amide bonds. The second-order valence-corrected chi connectivity index (χ2v) is 8.16. The number of carbonyl (C=O) groups excluding carboxylic acids is 1. The van der Waals surface area contributed by atoms with Gasteiger partial charge in [0.15, 0.2) is 0 Å². The number of hydrogen-bond acceptors (Lipinski definition) is 3. The molecule has 1 unspecified atom stereocenters.